The third-order valence-electron chi connectivity index (χ3n) is 6.82. The fourth-order valence-electron chi connectivity index (χ4n) is 4.72. The number of rotatable bonds is 6. The lowest BCUT2D eigenvalue weighted by molar-refractivity contribution is 0.0581. The molecule has 192 valence electrons. The Bertz CT molecular complexity index is 1270. The van der Waals surface area contributed by atoms with Crippen molar-refractivity contribution in [2.75, 3.05) is 26.2 Å². The molecule has 0 aromatic heterocycles. The van der Waals surface area contributed by atoms with Crippen LogP contribution < -0.4 is 9.46 Å². The van der Waals surface area contributed by atoms with Crippen LogP contribution in [0.25, 0.3) is 0 Å². The average molecular weight is 551 g/mol. The Morgan fingerprint density at radius 3 is 2.44 bits per heavy atom. The summed E-state index contributed by atoms with van der Waals surface area (Å²) in [4.78, 5) is 14.8. The number of ether oxygens (including phenoxy) is 1. The third-order valence-corrected chi connectivity index (χ3v) is 9.20. The maximum Gasteiger partial charge on any atom is 0.304 e. The van der Waals surface area contributed by atoms with Crippen molar-refractivity contribution in [3.05, 3.63) is 63.1 Å². The van der Waals surface area contributed by atoms with Crippen LogP contribution in [0.2, 0.25) is 10.0 Å². The van der Waals surface area contributed by atoms with Crippen LogP contribution in [0.4, 0.5) is 0 Å². The van der Waals surface area contributed by atoms with Crippen molar-refractivity contribution in [1.29, 1.82) is 5.26 Å². The van der Waals surface area contributed by atoms with Crippen LogP contribution in [0.5, 0.6) is 5.75 Å². The van der Waals surface area contributed by atoms with Gasteiger partial charge >= 0.3 is 10.2 Å². The van der Waals surface area contributed by atoms with E-state index in [0.717, 1.165) is 37.2 Å². The molecule has 2 aromatic rings. The Kier molecular flexibility index (Phi) is 8.43. The largest absolute Gasteiger partial charge is 0.490 e. The fourth-order valence-corrected chi connectivity index (χ4v) is 6.25. The predicted octanol–water partition coefficient (Wildman–Crippen LogP) is 4.16. The number of hydrogen-bond donors (Lipinski definition) is 1. The summed E-state index contributed by atoms with van der Waals surface area (Å²) in [5, 5.41) is 10.0. The van der Waals surface area contributed by atoms with E-state index in [1.807, 2.05) is 19.1 Å². The van der Waals surface area contributed by atoms with Gasteiger partial charge in [-0.3, -0.25) is 4.79 Å². The first-order valence-corrected chi connectivity index (χ1v) is 14.0. The van der Waals surface area contributed by atoms with Gasteiger partial charge in [-0.05, 0) is 62.9 Å². The highest BCUT2D eigenvalue weighted by Crippen LogP contribution is 2.34. The molecule has 0 radical (unpaired) electrons. The summed E-state index contributed by atoms with van der Waals surface area (Å²) < 4.78 is 35.2. The van der Waals surface area contributed by atoms with Crippen LogP contribution in [0.1, 0.15) is 47.2 Å². The van der Waals surface area contributed by atoms with Crippen LogP contribution >= 0.6 is 23.2 Å². The average Bonchev–Trinajstić information content (AvgIpc) is 2.89. The molecule has 2 saturated heterocycles. The molecule has 0 atom stereocenters. The first-order chi connectivity index (χ1) is 17.2. The molecular weight excluding hydrogens is 523 g/mol. The van der Waals surface area contributed by atoms with Crippen molar-refractivity contribution in [2.24, 2.45) is 0 Å². The Labute approximate surface area is 221 Å². The molecule has 0 aliphatic carbocycles. The Morgan fingerprint density at radius 2 is 1.78 bits per heavy atom. The molecule has 2 aromatic carbocycles. The summed E-state index contributed by atoms with van der Waals surface area (Å²) in [6.07, 6.45) is 3.21. The second-order valence-corrected chi connectivity index (χ2v) is 11.6. The Balaban J connectivity index is 1.26. The van der Waals surface area contributed by atoms with Crippen LogP contribution in [-0.2, 0) is 10.2 Å². The summed E-state index contributed by atoms with van der Waals surface area (Å²) in [5.74, 6) is 0.0104. The molecule has 11 heteroatoms. The van der Waals surface area contributed by atoms with Crippen molar-refractivity contribution in [1.82, 2.24) is 13.9 Å². The van der Waals surface area contributed by atoms with Crippen molar-refractivity contribution < 1.29 is 17.9 Å². The van der Waals surface area contributed by atoms with Crippen molar-refractivity contribution in [2.45, 2.75) is 44.8 Å². The maximum absolute atomic E-state index is 12.8. The monoisotopic (exact) mass is 550 g/mol. The molecule has 0 unspecified atom stereocenters. The second-order valence-electron chi connectivity index (χ2n) is 9.10. The Morgan fingerprint density at radius 1 is 1.08 bits per heavy atom. The number of nitrogens with one attached hydrogen (secondary N) is 1. The molecule has 2 aliphatic heterocycles. The highest BCUT2D eigenvalue weighted by Gasteiger charge is 2.33. The smallest absolute Gasteiger partial charge is 0.304 e. The molecule has 2 fully saturated rings. The SMILES string of the molecule is Cc1c(OC2CCN(C3CCN(S(=O)(=O)NC(=O)c4cccc(C#N)c4)CC3)CC2)ccc(Cl)c1Cl. The van der Waals surface area contributed by atoms with Crippen LogP contribution in [-0.4, -0.2) is 61.9 Å². The van der Waals surface area contributed by atoms with Gasteiger partial charge < -0.3 is 9.64 Å². The van der Waals surface area contributed by atoms with Gasteiger partial charge in [0.25, 0.3) is 5.91 Å². The normalized spacial score (nSPS) is 18.5. The lowest BCUT2D eigenvalue weighted by atomic mass is 10.00. The van der Waals surface area contributed by atoms with E-state index in [4.69, 9.17) is 33.2 Å². The van der Waals surface area contributed by atoms with E-state index < -0.39 is 16.1 Å². The number of carbonyl (C=O) groups excluding carboxylic acids is 1. The van der Waals surface area contributed by atoms with Gasteiger partial charge in [0.2, 0.25) is 0 Å². The molecule has 1 amide bonds. The number of hydrogen-bond acceptors (Lipinski definition) is 6. The number of amides is 1. The first kappa shape index (κ1) is 26.7. The quantitative estimate of drug-likeness (QED) is 0.579. The van der Waals surface area contributed by atoms with E-state index >= 15 is 0 Å². The molecule has 2 heterocycles. The predicted molar refractivity (Wildman–Crippen MR) is 139 cm³/mol. The van der Waals surface area contributed by atoms with Gasteiger partial charge in [-0.2, -0.15) is 18.0 Å². The number of carbonyl (C=O) groups is 1. The lowest BCUT2D eigenvalue weighted by Crippen LogP contribution is -2.52. The minimum Gasteiger partial charge on any atom is -0.490 e. The summed E-state index contributed by atoms with van der Waals surface area (Å²) in [6.45, 7) is 4.31. The summed E-state index contributed by atoms with van der Waals surface area (Å²) >= 11 is 12.3. The van der Waals surface area contributed by atoms with Crippen LogP contribution in [0.15, 0.2) is 36.4 Å². The summed E-state index contributed by atoms with van der Waals surface area (Å²) in [6, 6.07) is 11.8. The van der Waals surface area contributed by atoms with Crippen LogP contribution in [0, 0.1) is 18.3 Å². The van der Waals surface area contributed by atoms with Gasteiger partial charge in [0.05, 0.1) is 21.7 Å². The second kappa shape index (κ2) is 11.4. The number of nitrogens with zero attached hydrogens (tertiary/aromatic N) is 3. The topological polar surface area (TPSA) is 103 Å². The van der Waals surface area contributed by atoms with E-state index in [1.54, 1.807) is 18.2 Å². The molecular formula is C25H28Cl2N4O4S. The maximum atomic E-state index is 12.8. The zero-order valence-corrected chi connectivity index (χ0v) is 22.2. The third kappa shape index (κ3) is 6.13. The number of halogens is 2. The minimum absolute atomic E-state index is 0.0902. The molecule has 2 aliphatic rings. The van der Waals surface area contributed by atoms with E-state index in [9.17, 15) is 13.2 Å². The molecule has 0 saturated carbocycles. The molecule has 8 nitrogen and oxygen atoms in total. The Hall–Kier alpha value is -2.35. The number of likely N-dealkylation sites (tertiary alicyclic amines) is 1. The van der Waals surface area contributed by atoms with Crippen molar-refractivity contribution in [3.8, 4) is 11.8 Å². The molecule has 1 N–H and O–H groups in total. The standard InChI is InChI=1S/C25H28Cl2N4O4S/c1-17-23(6-5-22(26)24(17)27)35-21-9-11-30(12-10-21)20-7-13-31(14-8-20)36(33,34)29-25(32)19-4-2-3-18(15-19)16-28/h2-6,15,20-21H,7-14H2,1H3,(H,29,32). The zero-order chi connectivity index (χ0) is 25.9. The number of piperidine rings is 2. The first-order valence-electron chi connectivity index (χ1n) is 11.9. The van der Waals surface area contributed by atoms with E-state index in [0.29, 0.717) is 41.5 Å². The minimum atomic E-state index is -3.97. The fraction of sp³-hybridized carbons (Fsp3) is 0.440. The van der Waals surface area contributed by atoms with E-state index in [2.05, 4.69) is 9.62 Å². The zero-order valence-electron chi connectivity index (χ0n) is 19.9. The van der Waals surface area contributed by atoms with Gasteiger partial charge in [0, 0.05) is 43.3 Å². The molecule has 0 spiro atoms. The van der Waals surface area contributed by atoms with Crippen LogP contribution in [0.3, 0.4) is 0 Å². The molecule has 36 heavy (non-hydrogen) atoms. The van der Waals surface area contributed by atoms with E-state index in [-0.39, 0.29) is 17.7 Å². The molecule has 0 bridgehead atoms. The number of benzene rings is 2. The highest BCUT2D eigenvalue weighted by molar-refractivity contribution is 7.87. The van der Waals surface area contributed by atoms with Crippen molar-refractivity contribution >= 4 is 39.3 Å². The van der Waals surface area contributed by atoms with Gasteiger partial charge in [0.15, 0.2) is 0 Å². The number of nitriles is 1. The highest BCUT2D eigenvalue weighted by atomic mass is 35.5. The van der Waals surface area contributed by atoms with Gasteiger partial charge in [0.1, 0.15) is 11.9 Å². The lowest BCUT2D eigenvalue weighted by Gasteiger charge is -2.41. The summed E-state index contributed by atoms with van der Waals surface area (Å²) in [7, 11) is -3.97. The van der Waals surface area contributed by atoms with E-state index in [1.165, 1.54) is 16.4 Å². The van der Waals surface area contributed by atoms with Gasteiger partial charge in [-0.1, -0.05) is 29.3 Å². The molecule has 4 rings (SSSR count). The van der Waals surface area contributed by atoms with Crippen molar-refractivity contribution in [3.63, 3.8) is 0 Å². The van der Waals surface area contributed by atoms with Gasteiger partial charge in [-0.15, -0.1) is 0 Å². The summed E-state index contributed by atoms with van der Waals surface area (Å²) in [5.41, 5.74) is 1.26. The van der Waals surface area contributed by atoms with Gasteiger partial charge in [-0.25, -0.2) is 4.72 Å².